The van der Waals surface area contributed by atoms with Gasteiger partial charge in [0, 0.05) is 12.6 Å². The van der Waals surface area contributed by atoms with Crippen LogP contribution < -0.4 is 15.4 Å². The molecular formula is C21H25FN2O2. The largest absolute Gasteiger partial charge is 0.490 e. The molecule has 3 rings (SSSR count). The van der Waals surface area contributed by atoms with Gasteiger partial charge in [-0.25, -0.2) is 9.18 Å². The maximum absolute atomic E-state index is 13.0. The summed E-state index contributed by atoms with van der Waals surface area (Å²) in [4.78, 5) is 12.1. The Bertz CT molecular complexity index is 691. The van der Waals surface area contributed by atoms with Crippen molar-refractivity contribution in [2.45, 2.75) is 50.8 Å². The zero-order valence-electron chi connectivity index (χ0n) is 14.8. The molecule has 5 heteroatoms. The van der Waals surface area contributed by atoms with E-state index in [-0.39, 0.29) is 24.0 Å². The highest BCUT2D eigenvalue weighted by molar-refractivity contribution is 5.74. The standard InChI is InChI=1S/C21H25FN2O2/c22-17-9-12-20(13-10-17)26-19-8-4-7-18(11-14-19)24-21(25)23-15-16-5-2-1-3-6-16/h1-3,5-6,9-10,12-13,18-19H,4,7-8,11,14-15H2,(H2,23,24,25). The third-order valence-electron chi connectivity index (χ3n) is 4.66. The summed E-state index contributed by atoms with van der Waals surface area (Å²) in [6.07, 6.45) is 4.75. The normalized spacial score (nSPS) is 20.0. The fourth-order valence-corrected chi connectivity index (χ4v) is 3.25. The van der Waals surface area contributed by atoms with E-state index in [1.807, 2.05) is 30.3 Å². The molecule has 26 heavy (non-hydrogen) atoms. The number of carbonyl (C=O) groups is 1. The summed E-state index contributed by atoms with van der Waals surface area (Å²) in [7, 11) is 0. The second-order valence-electron chi connectivity index (χ2n) is 6.71. The zero-order valence-corrected chi connectivity index (χ0v) is 14.8. The molecule has 0 aromatic heterocycles. The SMILES string of the molecule is O=C(NCc1ccccc1)NC1CCCC(Oc2ccc(F)cc2)CC1. The van der Waals surface area contributed by atoms with Gasteiger partial charge in [0.05, 0.1) is 6.10 Å². The van der Waals surface area contributed by atoms with E-state index in [2.05, 4.69) is 10.6 Å². The number of carbonyl (C=O) groups excluding carboxylic acids is 1. The molecule has 2 aromatic carbocycles. The van der Waals surface area contributed by atoms with Crippen molar-refractivity contribution in [1.82, 2.24) is 10.6 Å². The quantitative estimate of drug-likeness (QED) is 0.780. The van der Waals surface area contributed by atoms with Crippen molar-refractivity contribution < 1.29 is 13.9 Å². The maximum atomic E-state index is 13.0. The zero-order chi connectivity index (χ0) is 18.2. The number of urea groups is 1. The van der Waals surface area contributed by atoms with E-state index in [1.165, 1.54) is 12.1 Å². The molecule has 138 valence electrons. The first-order valence-corrected chi connectivity index (χ1v) is 9.19. The Labute approximate surface area is 153 Å². The van der Waals surface area contributed by atoms with Crippen molar-refractivity contribution in [3.63, 3.8) is 0 Å². The molecule has 0 spiro atoms. The lowest BCUT2D eigenvalue weighted by atomic mass is 10.1. The summed E-state index contributed by atoms with van der Waals surface area (Å²) in [5.41, 5.74) is 1.08. The molecule has 4 nitrogen and oxygen atoms in total. The molecule has 0 saturated heterocycles. The highest BCUT2D eigenvalue weighted by atomic mass is 19.1. The second-order valence-corrected chi connectivity index (χ2v) is 6.71. The minimum atomic E-state index is -0.260. The summed E-state index contributed by atoms with van der Waals surface area (Å²) in [5.74, 6) is 0.437. The van der Waals surface area contributed by atoms with Crippen LogP contribution in [0.4, 0.5) is 9.18 Å². The molecule has 1 saturated carbocycles. The number of halogens is 1. The van der Waals surface area contributed by atoms with Crippen molar-refractivity contribution in [1.29, 1.82) is 0 Å². The molecule has 0 bridgehead atoms. The Balaban J connectivity index is 1.41. The summed E-state index contributed by atoms with van der Waals surface area (Å²) in [5, 5.41) is 5.97. The van der Waals surface area contributed by atoms with Crippen molar-refractivity contribution in [3.05, 3.63) is 66.0 Å². The van der Waals surface area contributed by atoms with Crippen molar-refractivity contribution in [3.8, 4) is 5.75 Å². The van der Waals surface area contributed by atoms with Gasteiger partial charge in [0.1, 0.15) is 11.6 Å². The molecule has 1 aliphatic carbocycles. The molecule has 0 aliphatic heterocycles. The van der Waals surface area contributed by atoms with Gasteiger partial charge in [0.25, 0.3) is 0 Å². The van der Waals surface area contributed by atoms with Gasteiger partial charge >= 0.3 is 6.03 Å². The van der Waals surface area contributed by atoms with Crippen LogP contribution in [-0.4, -0.2) is 18.2 Å². The monoisotopic (exact) mass is 356 g/mol. The minimum absolute atomic E-state index is 0.111. The molecule has 0 heterocycles. The number of hydrogen-bond acceptors (Lipinski definition) is 2. The predicted molar refractivity (Wildman–Crippen MR) is 99.5 cm³/mol. The van der Waals surface area contributed by atoms with Crippen LogP contribution in [0, 0.1) is 5.82 Å². The molecule has 0 radical (unpaired) electrons. The smallest absolute Gasteiger partial charge is 0.315 e. The highest BCUT2D eigenvalue weighted by Gasteiger charge is 2.21. The third-order valence-corrected chi connectivity index (χ3v) is 4.66. The first kappa shape index (κ1) is 18.2. The lowest BCUT2D eigenvalue weighted by Crippen LogP contribution is -2.41. The van der Waals surface area contributed by atoms with E-state index >= 15 is 0 Å². The fraction of sp³-hybridized carbons (Fsp3) is 0.381. The molecule has 2 amide bonds. The molecule has 2 atom stereocenters. The number of hydrogen-bond donors (Lipinski definition) is 2. The summed E-state index contributed by atoms with van der Waals surface area (Å²) in [6, 6.07) is 16.0. The first-order valence-electron chi connectivity index (χ1n) is 9.19. The van der Waals surface area contributed by atoms with E-state index in [1.54, 1.807) is 12.1 Å². The van der Waals surface area contributed by atoms with Gasteiger partial charge in [0.15, 0.2) is 0 Å². The lowest BCUT2D eigenvalue weighted by molar-refractivity contribution is 0.182. The van der Waals surface area contributed by atoms with Crippen LogP contribution in [0.2, 0.25) is 0 Å². The first-order chi connectivity index (χ1) is 12.7. The average Bonchev–Trinajstić information content (AvgIpc) is 2.88. The molecule has 1 aliphatic rings. The number of nitrogens with one attached hydrogen (secondary N) is 2. The Morgan fingerprint density at radius 2 is 1.77 bits per heavy atom. The van der Waals surface area contributed by atoms with Crippen LogP contribution in [0.1, 0.15) is 37.7 Å². The number of ether oxygens (including phenoxy) is 1. The predicted octanol–water partition coefficient (Wildman–Crippen LogP) is 4.41. The molecule has 2 N–H and O–H groups in total. The van der Waals surface area contributed by atoms with Crippen LogP contribution in [-0.2, 0) is 6.54 Å². The summed E-state index contributed by atoms with van der Waals surface area (Å²) < 4.78 is 18.9. The topological polar surface area (TPSA) is 50.4 Å². The van der Waals surface area contributed by atoms with E-state index in [9.17, 15) is 9.18 Å². The van der Waals surface area contributed by atoms with Crippen LogP contribution in [0.15, 0.2) is 54.6 Å². The fourth-order valence-electron chi connectivity index (χ4n) is 3.25. The van der Waals surface area contributed by atoms with Gasteiger partial charge in [-0.1, -0.05) is 30.3 Å². The Hall–Kier alpha value is -2.56. The van der Waals surface area contributed by atoms with Gasteiger partial charge in [-0.2, -0.15) is 0 Å². The van der Waals surface area contributed by atoms with Crippen LogP contribution >= 0.6 is 0 Å². The molecule has 2 aromatic rings. The van der Waals surface area contributed by atoms with E-state index in [0.717, 1.165) is 37.7 Å². The van der Waals surface area contributed by atoms with Gasteiger partial charge in [-0.3, -0.25) is 0 Å². The summed E-state index contributed by atoms with van der Waals surface area (Å²) >= 11 is 0. The van der Waals surface area contributed by atoms with E-state index in [0.29, 0.717) is 12.3 Å². The van der Waals surface area contributed by atoms with E-state index in [4.69, 9.17) is 4.74 Å². The highest BCUT2D eigenvalue weighted by Crippen LogP contribution is 2.23. The number of amides is 2. The Morgan fingerprint density at radius 3 is 2.54 bits per heavy atom. The molecule has 2 unspecified atom stereocenters. The number of benzene rings is 2. The van der Waals surface area contributed by atoms with E-state index < -0.39 is 0 Å². The molecular weight excluding hydrogens is 331 g/mol. The summed E-state index contributed by atoms with van der Waals surface area (Å²) in [6.45, 7) is 0.524. The van der Waals surface area contributed by atoms with Crippen molar-refractivity contribution >= 4 is 6.03 Å². The van der Waals surface area contributed by atoms with Crippen molar-refractivity contribution in [2.24, 2.45) is 0 Å². The Kier molecular flexibility index (Phi) is 6.47. The van der Waals surface area contributed by atoms with Gasteiger partial charge in [-0.15, -0.1) is 0 Å². The second kappa shape index (κ2) is 9.22. The average molecular weight is 356 g/mol. The maximum Gasteiger partial charge on any atom is 0.315 e. The van der Waals surface area contributed by atoms with Gasteiger partial charge < -0.3 is 15.4 Å². The van der Waals surface area contributed by atoms with Crippen LogP contribution in [0.5, 0.6) is 5.75 Å². The third kappa shape index (κ3) is 5.76. The molecule has 1 fully saturated rings. The number of rotatable bonds is 5. The van der Waals surface area contributed by atoms with Gasteiger partial charge in [0.2, 0.25) is 0 Å². The van der Waals surface area contributed by atoms with Crippen LogP contribution in [0.25, 0.3) is 0 Å². The minimum Gasteiger partial charge on any atom is -0.490 e. The Morgan fingerprint density at radius 1 is 1.00 bits per heavy atom. The van der Waals surface area contributed by atoms with Gasteiger partial charge in [-0.05, 0) is 61.9 Å². The lowest BCUT2D eigenvalue weighted by Gasteiger charge is -2.18. The van der Waals surface area contributed by atoms with Crippen molar-refractivity contribution in [2.75, 3.05) is 0 Å². The van der Waals surface area contributed by atoms with Crippen LogP contribution in [0.3, 0.4) is 0 Å².